The lowest BCUT2D eigenvalue weighted by atomic mass is 9.81. The second-order valence-corrected chi connectivity index (χ2v) is 13.2. The van der Waals surface area contributed by atoms with Gasteiger partial charge in [0.25, 0.3) is 0 Å². The van der Waals surface area contributed by atoms with Crippen molar-refractivity contribution < 1.29 is 0 Å². The third-order valence-electron chi connectivity index (χ3n) is 10.3. The average molecular weight is 625 g/mol. The van der Waals surface area contributed by atoms with Crippen LogP contribution < -0.4 is 0 Å². The van der Waals surface area contributed by atoms with Gasteiger partial charge in [-0.25, -0.2) is 0 Å². The highest BCUT2D eigenvalue weighted by Gasteiger charge is 2.20. The Bertz CT molecular complexity index is 2720. The highest BCUT2D eigenvalue weighted by molar-refractivity contribution is 6.11. The number of hydrogen-bond acceptors (Lipinski definition) is 1. The maximum Gasteiger partial charge on any atom is 0.0702 e. The smallest absolute Gasteiger partial charge is 0.0702 e. The molecule has 8 aromatic rings. The first kappa shape index (κ1) is 27.8. The normalized spacial score (nSPS) is 16.9. The van der Waals surface area contributed by atoms with E-state index in [-0.39, 0.29) is 0 Å². The van der Waals surface area contributed by atoms with E-state index in [9.17, 15) is 0 Å². The Morgan fingerprint density at radius 3 is 1.94 bits per heavy atom. The van der Waals surface area contributed by atoms with Crippen LogP contribution in [0.3, 0.4) is 0 Å². The van der Waals surface area contributed by atoms with Gasteiger partial charge in [0, 0.05) is 45.4 Å². The monoisotopic (exact) mass is 624 g/mol. The molecule has 2 unspecified atom stereocenters. The molecule has 0 saturated carbocycles. The molecule has 6 aromatic carbocycles. The summed E-state index contributed by atoms with van der Waals surface area (Å²) in [5, 5.41) is 6.18. The first-order chi connectivity index (χ1) is 24.2. The average Bonchev–Trinajstić information content (AvgIpc) is 3.50. The molecule has 10 rings (SSSR count). The van der Waals surface area contributed by atoms with Crippen LogP contribution in [0, 0.1) is 11.8 Å². The summed E-state index contributed by atoms with van der Waals surface area (Å²) in [6, 6.07) is 48.7. The lowest BCUT2D eigenvalue weighted by molar-refractivity contribution is 0.663. The van der Waals surface area contributed by atoms with E-state index in [1.807, 2.05) is 12.3 Å². The highest BCUT2D eigenvalue weighted by Crippen LogP contribution is 2.39. The van der Waals surface area contributed by atoms with Crippen molar-refractivity contribution in [1.82, 2.24) is 9.55 Å². The third kappa shape index (κ3) is 4.76. The van der Waals surface area contributed by atoms with Crippen molar-refractivity contribution in [3.63, 3.8) is 0 Å². The lowest BCUT2D eigenvalue weighted by Crippen LogP contribution is -2.11. The van der Waals surface area contributed by atoms with Crippen molar-refractivity contribution in [2.75, 3.05) is 0 Å². The summed E-state index contributed by atoms with van der Waals surface area (Å²) >= 11 is 0. The summed E-state index contributed by atoms with van der Waals surface area (Å²) in [4.78, 5) is 4.71. The van der Waals surface area contributed by atoms with E-state index in [0.29, 0.717) is 11.8 Å². The van der Waals surface area contributed by atoms with Crippen LogP contribution in [-0.4, -0.2) is 9.55 Å². The molecule has 0 radical (unpaired) electrons. The van der Waals surface area contributed by atoms with Gasteiger partial charge in [0.2, 0.25) is 0 Å². The topological polar surface area (TPSA) is 17.8 Å². The molecule has 0 N–H and O–H groups in total. The van der Waals surface area contributed by atoms with Gasteiger partial charge in [0.05, 0.1) is 16.6 Å². The molecule has 0 aliphatic heterocycles. The second kappa shape index (κ2) is 11.2. The first-order valence-electron chi connectivity index (χ1n) is 17.0. The van der Waals surface area contributed by atoms with Gasteiger partial charge in [-0.05, 0) is 93.2 Å². The van der Waals surface area contributed by atoms with E-state index < -0.39 is 0 Å². The first-order valence-corrected chi connectivity index (χ1v) is 17.0. The van der Waals surface area contributed by atoms with Crippen molar-refractivity contribution >= 4 is 49.1 Å². The van der Waals surface area contributed by atoms with Crippen LogP contribution in [0.1, 0.15) is 5.56 Å². The number of hydrogen-bond donors (Lipinski definition) is 0. The summed E-state index contributed by atoms with van der Waals surface area (Å²) in [6.45, 7) is 0. The van der Waals surface area contributed by atoms with Gasteiger partial charge in [0.1, 0.15) is 0 Å². The molecule has 2 heterocycles. The van der Waals surface area contributed by atoms with E-state index in [4.69, 9.17) is 4.98 Å². The van der Waals surface area contributed by atoms with Crippen LogP contribution in [0.25, 0.3) is 77.0 Å². The minimum absolute atomic E-state index is 0.401. The van der Waals surface area contributed by atoms with E-state index in [1.54, 1.807) is 0 Å². The van der Waals surface area contributed by atoms with Crippen molar-refractivity contribution in [2.45, 2.75) is 0 Å². The Labute approximate surface area is 285 Å². The Morgan fingerprint density at radius 1 is 0.469 bits per heavy atom. The lowest BCUT2D eigenvalue weighted by Gasteiger charge is -2.23. The second-order valence-electron chi connectivity index (χ2n) is 13.2. The standard InChI is InChI=1S/C47H32N2/c1-3-9-34-25-36(15-13-31(34)7-1)38-19-23-46-43(28-38)44-29-39(37-16-14-32-8-2-4-10-35(32)26-37)20-24-47(44)49(46)42-21-17-33(18-22-42)41-27-40-11-5-6-12-45(40)48-30-41/h1-31,34H. The van der Waals surface area contributed by atoms with E-state index in [1.165, 1.54) is 54.8 Å². The van der Waals surface area contributed by atoms with Crippen LogP contribution in [0.2, 0.25) is 0 Å². The van der Waals surface area contributed by atoms with Crippen LogP contribution in [0.4, 0.5) is 0 Å². The molecule has 2 aliphatic rings. The zero-order valence-corrected chi connectivity index (χ0v) is 26.9. The van der Waals surface area contributed by atoms with Crippen LogP contribution in [0.5, 0.6) is 0 Å². The zero-order valence-electron chi connectivity index (χ0n) is 26.9. The predicted octanol–water partition coefficient (Wildman–Crippen LogP) is 12.1. The fourth-order valence-corrected chi connectivity index (χ4v) is 7.73. The highest BCUT2D eigenvalue weighted by atomic mass is 15.0. The molecule has 0 spiro atoms. The van der Waals surface area contributed by atoms with Gasteiger partial charge in [-0.15, -0.1) is 0 Å². The molecule has 2 atom stereocenters. The zero-order chi connectivity index (χ0) is 32.3. The molecule has 2 heteroatoms. The number of fused-ring (bicyclic) bond motifs is 6. The maximum absolute atomic E-state index is 4.71. The van der Waals surface area contributed by atoms with Gasteiger partial charge in [-0.3, -0.25) is 4.98 Å². The van der Waals surface area contributed by atoms with Crippen LogP contribution in [0.15, 0.2) is 182 Å². The number of allylic oxidation sites excluding steroid dienone is 8. The summed E-state index contributed by atoms with van der Waals surface area (Å²) in [6.07, 6.45) is 18.0. The molecule has 2 nitrogen and oxygen atoms in total. The summed E-state index contributed by atoms with van der Waals surface area (Å²) in [5.74, 6) is 0.843. The molecule has 0 fully saturated rings. The minimum Gasteiger partial charge on any atom is -0.309 e. The number of nitrogens with zero attached hydrogens (tertiary/aromatic N) is 2. The Kier molecular flexibility index (Phi) is 6.35. The van der Waals surface area contributed by atoms with Crippen molar-refractivity contribution in [1.29, 1.82) is 0 Å². The van der Waals surface area contributed by atoms with Crippen molar-refractivity contribution in [2.24, 2.45) is 11.8 Å². The van der Waals surface area contributed by atoms with Gasteiger partial charge in [-0.1, -0.05) is 121 Å². The van der Waals surface area contributed by atoms with E-state index >= 15 is 0 Å². The molecule has 230 valence electrons. The molecule has 2 aliphatic carbocycles. The molecular weight excluding hydrogens is 593 g/mol. The molecule has 49 heavy (non-hydrogen) atoms. The number of aromatic nitrogens is 2. The third-order valence-corrected chi connectivity index (χ3v) is 10.3. The summed E-state index contributed by atoms with van der Waals surface area (Å²) in [7, 11) is 0. The molecule has 0 bridgehead atoms. The van der Waals surface area contributed by atoms with Gasteiger partial charge in [0.15, 0.2) is 0 Å². The van der Waals surface area contributed by atoms with E-state index in [2.05, 4.69) is 174 Å². The van der Waals surface area contributed by atoms with Crippen LogP contribution >= 0.6 is 0 Å². The van der Waals surface area contributed by atoms with Gasteiger partial charge < -0.3 is 4.57 Å². The molecular formula is C47H32N2. The Hall–Kier alpha value is -6.25. The van der Waals surface area contributed by atoms with Crippen molar-refractivity contribution in [3.8, 4) is 27.9 Å². The molecule has 2 aromatic heterocycles. The largest absolute Gasteiger partial charge is 0.309 e. The minimum atomic E-state index is 0.401. The fraction of sp³-hybridized carbons (Fsp3) is 0.0426. The Balaban J connectivity index is 1.12. The quantitative estimate of drug-likeness (QED) is 0.190. The molecule has 0 saturated heterocycles. The fourth-order valence-electron chi connectivity index (χ4n) is 7.73. The molecule has 0 amide bonds. The van der Waals surface area contributed by atoms with E-state index in [0.717, 1.165) is 27.7 Å². The SMILES string of the molecule is C1=CC2C=CC(c3ccc4c(c3)c3cc(-c5ccc6ccccc6c5)ccc3n4-c3ccc(-c4cnc5ccccc5c4)cc3)=CC2C=C1. The van der Waals surface area contributed by atoms with Crippen molar-refractivity contribution in [3.05, 3.63) is 188 Å². The van der Waals surface area contributed by atoms with Gasteiger partial charge >= 0.3 is 0 Å². The number of pyridine rings is 1. The summed E-state index contributed by atoms with van der Waals surface area (Å²) < 4.78 is 2.41. The number of benzene rings is 6. The summed E-state index contributed by atoms with van der Waals surface area (Å²) in [5.41, 5.74) is 11.8. The predicted molar refractivity (Wildman–Crippen MR) is 207 cm³/mol. The number of para-hydroxylation sites is 1. The Morgan fingerprint density at radius 2 is 1.10 bits per heavy atom. The number of rotatable bonds is 4. The van der Waals surface area contributed by atoms with Crippen LogP contribution in [-0.2, 0) is 0 Å². The van der Waals surface area contributed by atoms with Gasteiger partial charge in [-0.2, -0.15) is 0 Å². The maximum atomic E-state index is 4.71.